The van der Waals surface area contributed by atoms with Crippen LogP contribution in [-0.2, 0) is 14.3 Å². The van der Waals surface area contributed by atoms with Crippen molar-refractivity contribution in [1.82, 2.24) is 9.80 Å². The molecule has 1 N–H and O–H groups in total. The zero-order valence-electron chi connectivity index (χ0n) is 17.9. The molecular weight excluding hydrogens is 356 g/mol. The van der Waals surface area contributed by atoms with Crippen molar-refractivity contribution in [2.24, 2.45) is 11.3 Å². The maximum atomic E-state index is 12.6. The van der Waals surface area contributed by atoms with E-state index >= 15 is 0 Å². The molecule has 0 unspecified atom stereocenters. The number of amides is 1. The van der Waals surface area contributed by atoms with E-state index in [1.165, 1.54) is 0 Å². The Hall–Kier alpha value is -0.690. The molecule has 0 bridgehead atoms. The number of aliphatic hydroxyl groups is 1. The Balaban J connectivity index is 1.37. The van der Waals surface area contributed by atoms with Gasteiger partial charge in [-0.15, -0.1) is 0 Å². The molecule has 0 aromatic carbocycles. The number of ether oxygens (including phenoxy) is 2. The van der Waals surface area contributed by atoms with E-state index in [1.54, 1.807) is 0 Å². The predicted octanol–water partition coefficient (Wildman–Crippen LogP) is 2.04. The number of carbonyl (C=O) groups is 1. The average molecular weight is 395 g/mol. The van der Waals surface area contributed by atoms with Crippen LogP contribution >= 0.6 is 0 Å². The molecular formula is C22H38N2O4. The van der Waals surface area contributed by atoms with Crippen LogP contribution in [0.4, 0.5) is 0 Å². The van der Waals surface area contributed by atoms with Crippen molar-refractivity contribution in [2.45, 2.75) is 83.1 Å². The van der Waals surface area contributed by atoms with Crippen LogP contribution < -0.4 is 0 Å². The lowest BCUT2D eigenvalue weighted by atomic mass is 9.68. The summed E-state index contributed by atoms with van der Waals surface area (Å²) in [6.45, 7) is 11.0. The highest BCUT2D eigenvalue weighted by molar-refractivity contribution is 5.79. The van der Waals surface area contributed by atoms with Gasteiger partial charge in [0.25, 0.3) is 0 Å². The van der Waals surface area contributed by atoms with E-state index in [4.69, 9.17) is 9.47 Å². The first kappa shape index (κ1) is 20.6. The molecule has 0 radical (unpaired) electrons. The van der Waals surface area contributed by atoms with E-state index in [2.05, 4.69) is 30.6 Å². The summed E-state index contributed by atoms with van der Waals surface area (Å²) in [5.74, 6) is 0.818. The molecule has 4 aliphatic rings. The normalized spacial score (nSPS) is 38.6. The molecule has 3 heterocycles. The van der Waals surface area contributed by atoms with Gasteiger partial charge in [0.2, 0.25) is 5.91 Å². The second-order valence-electron chi connectivity index (χ2n) is 10.6. The van der Waals surface area contributed by atoms with Crippen molar-refractivity contribution in [1.29, 1.82) is 0 Å². The summed E-state index contributed by atoms with van der Waals surface area (Å²) in [7, 11) is 0. The van der Waals surface area contributed by atoms with Crippen molar-refractivity contribution in [3.8, 4) is 0 Å². The maximum Gasteiger partial charge on any atom is 0.249 e. The summed E-state index contributed by atoms with van der Waals surface area (Å²) in [5, 5.41) is 11.2. The summed E-state index contributed by atoms with van der Waals surface area (Å²) < 4.78 is 11.4. The Kier molecular flexibility index (Phi) is 5.78. The number of hydrogen-bond donors (Lipinski definition) is 1. The van der Waals surface area contributed by atoms with Crippen molar-refractivity contribution >= 4 is 5.91 Å². The highest BCUT2D eigenvalue weighted by atomic mass is 16.5. The van der Waals surface area contributed by atoms with Gasteiger partial charge in [-0.2, -0.15) is 0 Å². The third-order valence-electron chi connectivity index (χ3n) is 7.62. The van der Waals surface area contributed by atoms with Gasteiger partial charge in [-0.05, 0) is 49.9 Å². The molecule has 0 aromatic rings. The molecule has 1 saturated carbocycles. The van der Waals surface area contributed by atoms with Crippen LogP contribution in [0.15, 0.2) is 0 Å². The van der Waals surface area contributed by atoms with Gasteiger partial charge in [0, 0.05) is 38.9 Å². The number of likely N-dealkylation sites (tertiary alicyclic amines) is 1. The van der Waals surface area contributed by atoms with Gasteiger partial charge in [-0.1, -0.05) is 20.8 Å². The smallest absolute Gasteiger partial charge is 0.249 e. The summed E-state index contributed by atoms with van der Waals surface area (Å²) in [6.07, 6.45) is 5.89. The van der Waals surface area contributed by atoms with Gasteiger partial charge in [-0.3, -0.25) is 9.69 Å². The minimum atomic E-state index is -0.594. The molecule has 1 aliphatic carbocycles. The van der Waals surface area contributed by atoms with Crippen LogP contribution in [-0.4, -0.2) is 84.1 Å². The Morgan fingerprint density at radius 2 is 1.79 bits per heavy atom. The largest absolute Gasteiger partial charge is 0.389 e. The van der Waals surface area contributed by atoms with Crippen molar-refractivity contribution in [3.63, 3.8) is 0 Å². The van der Waals surface area contributed by atoms with E-state index in [0.717, 1.165) is 64.8 Å². The number of β-amino-alcohol motifs (C(OH)–C–C–N with tert-alkyl or cyclic N) is 1. The van der Waals surface area contributed by atoms with E-state index in [0.29, 0.717) is 17.9 Å². The predicted molar refractivity (Wildman–Crippen MR) is 107 cm³/mol. The maximum absolute atomic E-state index is 12.6. The minimum absolute atomic E-state index is 0.0788. The van der Waals surface area contributed by atoms with Crippen LogP contribution in [0.3, 0.4) is 0 Å². The van der Waals surface area contributed by atoms with Gasteiger partial charge >= 0.3 is 0 Å². The van der Waals surface area contributed by atoms with Crippen molar-refractivity contribution < 1.29 is 19.4 Å². The Morgan fingerprint density at radius 1 is 1.11 bits per heavy atom. The number of rotatable bonds is 3. The lowest BCUT2D eigenvalue weighted by molar-refractivity contribution is -0.159. The molecule has 6 nitrogen and oxygen atoms in total. The quantitative estimate of drug-likeness (QED) is 0.794. The lowest BCUT2D eigenvalue weighted by Crippen LogP contribution is -2.59. The van der Waals surface area contributed by atoms with Crippen molar-refractivity contribution in [2.75, 3.05) is 39.5 Å². The zero-order valence-corrected chi connectivity index (χ0v) is 17.9. The van der Waals surface area contributed by atoms with Gasteiger partial charge in [-0.25, -0.2) is 0 Å². The SMILES string of the molecule is CC(C)(C)C1CCC(O)(CN2C[C@@H]3OCC(=O)N(C4CCOCC4)[C@H]3C2)CC1. The van der Waals surface area contributed by atoms with Crippen LogP contribution in [0.25, 0.3) is 0 Å². The molecule has 3 aliphatic heterocycles. The van der Waals surface area contributed by atoms with Gasteiger partial charge in [0.05, 0.1) is 17.7 Å². The number of morpholine rings is 1. The van der Waals surface area contributed by atoms with Gasteiger partial charge in [0.15, 0.2) is 0 Å². The van der Waals surface area contributed by atoms with E-state index in [9.17, 15) is 9.90 Å². The van der Waals surface area contributed by atoms with Crippen LogP contribution in [0.1, 0.15) is 59.3 Å². The standard InChI is InChI=1S/C22H38N2O4/c1-21(2,3)16-4-8-22(26,9-5-16)15-23-12-18-19(13-23)28-14-20(25)24(18)17-6-10-27-11-7-17/h16-19,26H,4-15H2,1-3H3/t16?,18-,19-,22?/m0/s1. The molecule has 2 atom stereocenters. The molecule has 0 aromatic heterocycles. The molecule has 6 heteroatoms. The summed E-state index contributed by atoms with van der Waals surface area (Å²) in [4.78, 5) is 17.1. The summed E-state index contributed by atoms with van der Waals surface area (Å²) >= 11 is 0. The number of carbonyl (C=O) groups excluding carboxylic acids is 1. The molecule has 1 amide bonds. The third-order valence-corrected chi connectivity index (χ3v) is 7.62. The summed E-state index contributed by atoms with van der Waals surface area (Å²) in [6, 6.07) is 0.404. The Bertz CT molecular complexity index is 561. The topological polar surface area (TPSA) is 62.2 Å². The number of hydrogen-bond acceptors (Lipinski definition) is 5. The fraction of sp³-hybridized carbons (Fsp3) is 0.955. The molecule has 4 fully saturated rings. The van der Waals surface area contributed by atoms with Crippen LogP contribution in [0, 0.1) is 11.3 Å². The number of fused-ring (bicyclic) bond motifs is 1. The zero-order chi connectivity index (χ0) is 19.9. The van der Waals surface area contributed by atoms with Crippen molar-refractivity contribution in [3.05, 3.63) is 0 Å². The Morgan fingerprint density at radius 3 is 2.43 bits per heavy atom. The second kappa shape index (κ2) is 7.86. The van der Waals surface area contributed by atoms with Gasteiger partial charge < -0.3 is 19.5 Å². The summed E-state index contributed by atoms with van der Waals surface area (Å²) in [5.41, 5.74) is -0.273. The molecule has 3 saturated heterocycles. The molecule has 0 spiro atoms. The van der Waals surface area contributed by atoms with E-state index < -0.39 is 5.60 Å². The fourth-order valence-corrected chi connectivity index (χ4v) is 5.86. The van der Waals surface area contributed by atoms with E-state index in [1.807, 2.05) is 0 Å². The first-order chi connectivity index (χ1) is 13.3. The minimum Gasteiger partial charge on any atom is -0.389 e. The molecule has 28 heavy (non-hydrogen) atoms. The number of nitrogens with zero attached hydrogens (tertiary/aromatic N) is 2. The molecule has 160 valence electrons. The first-order valence-electron chi connectivity index (χ1n) is 11.2. The van der Waals surface area contributed by atoms with Gasteiger partial charge in [0.1, 0.15) is 6.61 Å². The second-order valence-corrected chi connectivity index (χ2v) is 10.6. The third kappa shape index (κ3) is 4.25. The average Bonchev–Trinajstić information content (AvgIpc) is 3.03. The molecule has 4 rings (SSSR count). The highest BCUT2D eigenvalue weighted by Gasteiger charge is 2.48. The van der Waals surface area contributed by atoms with Crippen LogP contribution in [0.2, 0.25) is 0 Å². The monoisotopic (exact) mass is 394 g/mol. The highest BCUT2D eigenvalue weighted by Crippen LogP contribution is 2.42. The lowest BCUT2D eigenvalue weighted by Gasteiger charge is -2.43. The van der Waals surface area contributed by atoms with Crippen LogP contribution in [0.5, 0.6) is 0 Å². The van der Waals surface area contributed by atoms with E-state index in [-0.39, 0.29) is 30.7 Å². The fourth-order valence-electron chi connectivity index (χ4n) is 5.86. The first-order valence-corrected chi connectivity index (χ1v) is 11.2. The Labute approximate surface area is 169 Å².